The summed E-state index contributed by atoms with van der Waals surface area (Å²) in [4.78, 5) is 9.62. The standard InChI is InChI=1S/C17H24N4/c1-4-14-15-7-5-8-20(15)9-6-10-21(14)16-11-12(2)17(18)13(3)19-16/h4-5,7,11,14-15H,1,6,8-10,18H2,2-3H3/t14?,15-/m0/s1. The summed E-state index contributed by atoms with van der Waals surface area (Å²) in [5.41, 5.74) is 8.85. The molecule has 1 unspecified atom stereocenters. The minimum absolute atomic E-state index is 0.265. The van der Waals surface area contributed by atoms with Gasteiger partial charge in [-0.1, -0.05) is 18.2 Å². The highest BCUT2D eigenvalue weighted by Crippen LogP contribution is 2.29. The average Bonchev–Trinajstić information content (AvgIpc) is 2.85. The number of hydrogen-bond donors (Lipinski definition) is 1. The number of rotatable bonds is 2. The Hall–Kier alpha value is -1.81. The first-order chi connectivity index (χ1) is 10.1. The number of nitrogen functional groups attached to an aromatic ring is 1. The molecule has 3 rings (SSSR count). The zero-order valence-corrected chi connectivity index (χ0v) is 12.9. The average molecular weight is 284 g/mol. The summed E-state index contributed by atoms with van der Waals surface area (Å²) in [5, 5.41) is 0. The van der Waals surface area contributed by atoms with Crippen molar-refractivity contribution in [2.24, 2.45) is 0 Å². The highest BCUT2D eigenvalue weighted by molar-refractivity contribution is 5.57. The molecule has 4 nitrogen and oxygen atoms in total. The Morgan fingerprint density at radius 3 is 2.90 bits per heavy atom. The third-order valence-electron chi connectivity index (χ3n) is 4.63. The van der Waals surface area contributed by atoms with Crippen LogP contribution in [-0.4, -0.2) is 41.6 Å². The number of hydrogen-bond acceptors (Lipinski definition) is 4. The molecule has 0 aliphatic carbocycles. The monoisotopic (exact) mass is 284 g/mol. The highest BCUT2D eigenvalue weighted by Gasteiger charge is 2.33. The van der Waals surface area contributed by atoms with Gasteiger partial charge in [0.25, 0.3) is 0 Å². The fourth-order valence-corrected chi connectivity index (χ4v) is 3.43. The molecule has 0 bridgehead atoms. The first-order valence-electron chi connectivity index (χ1n) is 7.65. The van der Waals surface area contributed by atoms with E-state index in [1.807, 2.05) is 6.92 Å². The Bertz CT molecular complexity index is 555. The summed E-state index contributed by atoms with van der Waals surface area (Å²) < 4.78 is 0. The van der Waals surface area contributed by atoms with Crippen molar-refractivity contribution in [2.45, 2.75) is 32.4 Å². The van der Waals surface area contributed by atoms with Gasteiger partial charge in [0, 0.05) is 19.6 Å². The van der Waals surface area contributed by atoms with Gasteiger partial charge in [0.2, 0.25) is 0 Å². The van der Waals surface area contributed by atoms with E-state index in [1.54, 1.807) is 0 Å². The SMILES string of the molecule is C=CC1[C@@H]2C=CCN2CCCN1c1cc(C)c(N)c(C)n1. The number of nitrogens with two attached hydrogens (primary N) is 1. The molecule has 1 saturated heterocycles. The summed E-state index contributed by atoms with van der Waals surface area (Å²) in [6, 6.07) is 2.78. The summed E-state index contributed by atoms with van der Waals surface area (Å²) in [6.07, 6.45) is 7.77. The van der Waals surface area contributed by atoms with Gasteiger partial charge >= 0.3 is 0 Å². The van der Waals surface area contributed by atoms with Crippen LogP contribution in [0.4, 0.5) is 11.5 Å². The lowest BCUT2D eigenvalue weighted by molar-refractivity contribution is 0.274. The Kier molecular flexibility index (Phi) is 3.72. The van der Waals surface area contributed by atoms with Crippen LogP contribution in [0.3, 0.4) is 0 Å². The lowest BCUT2D eigenvalue weighted by atomic mass is 10.1. The van der Waals surface area contributed by atoms with E-state index in [-0.39, 0.29) is 6.04 Å². The summed E-state index contributed by atoms with van der Waals surface area (Å²) in [6.45, 7) is 11.3. The molecule has 2 aliphatic rings. The van der Waals surface area contributed by atoms with Crippen LogP contribution in [0.15, 0.2) is 30.9 Å². The molecule has 0 aromatic carbocycles. The van der Waals surface area contributed by atoms with Crippen LogP contribution in [-0.2, 0) is 0 Å². The first-order valence-corrected chi connectivity index (χ1v) is 7.65. The first kappa shape index (κ1) is 14.1. The van der Waals surface area contributed by atoms with Crippen LogP contribution in [0.25, 0.3) is 0 Å². The maximum Gasteiger partial charge on any atom is 0.129 e. The molecule has 1 aromatic heterocycles. The van der Waals surface area contributed by atoms with Gasteiger partial charge in [-0.25, -0.2) is 4.98 Å². The van der Waals surface area contributed by atoms with Crippen molar-refractivity contribution in [3.05, 3.63) is 42.1 Å². The second-order valence-corrected chi connectivity index (χ2v) is 5.98. The fourth-order valence-electron chi connectivity index (χ4n) is 3.43. The van der Waals surface area contributed by atoms with Gasteiger partial charge in [-0.2, -0.15) is 0 Å². The second kappa shape index (κ2) is 5.53. The van der Waals surface area contributed by atoms with Crippen molar-refractivity contribution in [3.8, 4) is 0 Å². The number of aryl methyl sites for hydroxylation is 2. The molecule has 1 aromatic rings. The summed E-state index contributed by atoms with van der Waals surface area (Å²) in [7, 11) is 0. The number of aromatic nitrogens is 1. The van der Waals surface area contributed by atoms with Crippen LogP contribution < -0.4 is 10.6 Å². The Morgan fingerprint density at radius 1 is 1.38 bits per heavy atom. The molecule has 4 heteroatoms. The summed E-state index contributed by atoms with van der Waals surface area (Å²) in [5.74, 6) is 1.02. The van der Waals surface area contributed by atoms with E-state index in [4.69, 9.17) is 10.7 Å². The van der Waals surface area contributed by atoms with Gasteiger partial charge in [-0.05, 0) is 31.9 Å². The molecular weight excluding hydrogens is 260 g/mol. The van der Waals surface area contributed by atoms with E-state index in [0.29, 0.717) is 6.04 Å². The van der Waals surface area contributed by atoms with Crippen LogP contribution in [0.1, 0.15) is 17.7 Å². The topological polar surface area (TPSA) is 45.4 Å². The maximum absolute atomic E-state index is 6.04. The van der Waals surface area contributed by atoms with Crippen molar-refractivity contribution < 1.29 is 0 Å². The minimum Gasteiger partial charge on any atom is -0.397 e. The van der Waals surface area contributed by atoms with E-state index in [9.17, 15) is 0 Å². The van der Waals surface area contributed by atoms with Crippen LogP contribution in [0, 0.1) is 13.8 Å². The Morgan fingerprint density at radius 2 is 2.19 bits per heavy atom. The fraction of sp³-hybridized carbons (Fsp3) is 0.471. The molecule has 2 atom stereocenters. The third-order valence-corrected chi connectivity index (χ3v) is 4.63. The van der Waals surface area contributed by atoms with Crippen LogP contribution in [0.5, 0.6) is 0 Å². The van der Waals surface area contributed by atoms with E-state index in [0.717, 1.165) is 48.8 Å². The molecule has 2 N–H and O–H groups in total. The van der Waals surface area contributed by atoms with Gasteiger partial charge in [-0.15, -0.1) is 6.58 Å². The minimum atomic E-state index is 0.265. The lowest BCUT2D eigenvalue weighted by Crippen LogP contribution is -2.45. The zero-order valence-electron chi connectivity index (χ0n) is 12.9. The quantitative estimate of drug-likeness (QED) is 0.846. The van der Waals surface area contributed by atoms with Gasteiger partial charge in [0.1, 0.15) is 5.82 Å². The molecule has 3 heterocycles. The predicted octanol–water partition coefficient (Wildman–Crippen LogP) is 2.29. The van der Waals surface area contributed by atoms with E-state index < -0.39 is 0 Å². The number of fused-ring (bicyclic) bond motifs is 1. The van der Waals surface area contributed by atoms with Gasteiger partial charge in [0.15, 0.2) is 0 Å². The predicted molar refractivity (Wildman–Crippen MR) is 88.6 cm³/mol. The van der Waals surface area contributed by atoms with Gasteiger partial charge in [0.05, 0.1) is 23.5 Å². The third kappa shape index (κ3) is 2.44. The molecule has 0 amide bonds. The molecular formula is C17H24N4. The second-order valence-electron chi connectivity index (χ2n) is 5.98. The van der Waals surface area contributed by atoms with Crippen molar-refractivity contribution in [2.75, 3.05) is 30.3 Å². The van der Waals surface area contributed by atoms with Crippen LogP contribution in [0.2, 0.25) is 0 Å². The normalized spacial score (nSPS) is 25.7. The molecule has 0 saturated carbocycles. The molecule has 0 radical (unpaired) electrons. The zero-order chi connectivity index (χ0) is 15.0. The van der Waals surface area contributed by atoms with E-state index in [1.165, 1.54) is 0 Å². The molecule has 2 aliphatic heterocycles. The lowest BCUT2D eigenvalue weighted by Gasteiger charge is -2.34. The van der Waals surface area contributed by atoms with Crippen molar-refractivity contribution >= 4 is 11.5 Å². The number of anilines is 2. The Labute approximate surface area is 126 Å². The number of nitrogens with zero attached hydrogens (tertiary/aromatic N) is 3. The molecule has 112 valence electrons. The van der Waals surface area contributed by atoms with Gasteiger partial charge in [-0.3, -0.25) is 4.90 Å². The Balaban J connectivity index is 1.99. The van der Waals surface area contributed by atoms with Crippen molar-refractivity contribution in [1.29, 1.82) is 0 Å². The maximum atomic E-state index is 6.04. The number of pyridine rings is 1. The molecule has 0 spiro atoms. The highest BCUT2D eigenvalue weighted by atomic mass is 15.3. The van der Waals surface area contributed by atoms with E-state index >= 15 is 0 Å². The smallest absolute Gasteiger partial charge is 0.129 e. The van der Waals surface area contributed by atoms with Crippen molar-refractivity contribution in [1.82, 2.24) is 9.88 Å². The van der Waals surface area contributed by atoms with E-state index in [2.05, 4.69) is 47.6 Å². The summed E-state index contributed by atoms with van der Waals surface area (Å²) >= 11 is 0. The molecule has 1 fully saturated rings. The van der Waals surface area contributed by atoms with Crippen LogP contribution >= 0.6 is 0 Å². The molecule has 21 heavy (non-hydrogen) atoms. The largest absolute Gasteiger partial charge is 0.397 e. The van der Waals surface area contributed by atoms with Gasteiger partial charge < -0.3 is 10.6 Å². The van der Waals surface area contributed by atoms with Crippen molar-refractivity contribution in [3.63, 3.8) is 0 Å².